The molecule has 3 aromatic rings. The zero-order valence-corrected chi connectivity index (χ0v) is 16.8. The number of hydrogen-bond donors (Lipinski definition) is 1. The minimum atomic E-state index is -3.91. The van der Waals surface area contributed by atoms with Gasteiger partial charge in [-0.25, -0.2) is 12.8 Å². The van der Waals surface area contributed by atoms with Crippen LogP contribution < -0.4 is 5.32 Å². The molecule has 4 nitrogen and oxygen atoms in total. The van der Waals surface area contributed by atoms with Crippen molar-refractivity contribution in [3.05, 3.63) is 102 Å². The molecule has 0 bridgehead atoms. The van der Waals surface area contributed by atoms with Crippen molar-refractivity contribution in [2.75, 3.05) is 6.54 Å². The van der Waals surface area contributed by atoms with Gasteiger partial charge in [-0.2, -0.15) is 0 Å². The van der Waals surface area contributed by atoms with Gasteiger partial charge in [-0.3, -0.25) is 4.79 Å². The quantitative estimate of drug-likeness (QED) is 0.599. The van der Waals surface area contributed by atoms with Crippen LogP contribution in [0.25, 0.3) is 0 Å². The molecule has 1 atom stereocenters. The summed E-state index contributed by atoms with van der Waals surface area (Å²) >= 11 is 0. The highest BCUT2D eigenvalue weighted by Crippen LogP contribution is 2.24. The second-order valence-corrected chi connectivity index (χ2v) is 9.03. The summed E-state index contributed by atoms with van der Waals surface area (Å²) in [7, 11) is -3.91. The van der Waals surface area contributed by atoms with E-state index >= 15 is 0 Å². The molecule has 0 saturated carbocycles. The highest BCUT2D eigenvalue weighted by molar-refractivity contribution is 7.92. The van der Waals surface area contributed by atoms with E-state index in [-0.39, 0.29) is 17.4 Å². The summed E-state index contributed by atoms with van der Waals surface area (Å²) in [6, 6.07) is 23.9. The molecule has 0 aromatic heterocycles. The highest BCUT2D eigenvalue weighted by atomic mass is 32.2. The van der Waals surface area contributed by atoms with Gasteiger partial charge in [0.05, 0.1) is 4.90 Å². The normalized spacial score (nSPS) is 12.5. The molecule has 0 radical (unpaired) electrons. The van der Waals surface area contributed by atoms with Gasteiger partial charge in [0.1, 0.15) is 11.1 Å². The Morgan fingerprint density at radius 2 is 1.34 bits per heavy atom. The van der Waals surface area contributed by atoms with E-state index in [1.54, 1.807) is 0 Å². The summed E-state index contributed by atoms with van der Waals surface area (Å²) in [5.41, 5.74) is 2.04. The van der Waals surface area contributed by atoms with Crippen LogP contribution in [0.15, 0.2) is 89.8 Å². The third-order valence-electron chi connectivity index (χ3n) is 4.86. The summed E-state index contributed by atoms with van der Waals surface area (Å²) in [5.74, 6) is -1.23. The van der Waals surface area contributed by atoms with Crippen LogP contribution in [-0.2, 0) is 14.6 Å². The van der Waals surface area contributed by atoms with Crippen molar-refractivity contribution in [2.24, 2.45) is 0 Å². The second-order valence-electron chi connectivity index (χ2n) is 6.76. The molecule has 0 aliphatic rings. The number of halogens is 1. The molecule has 0 fully saturated rings. The molecule has 1 amide bonds. The predicted molar refractivity (Wildman–Crippen MR) is 111 cm³/mol. The first-order valence-electron chi connectivity index (χ1n) is 9.26. The Bertz CT molecular complexity index is 1010. The molecule has 29 heavy (non-hydrogen) atoms. The number of amides is 1. The fraction of sp³-hybridized carbons (Fsp3) is 0.174. The van der Waals surface area contributed by atoms with Crippen LogP contribution in [0.2, 0.25) is 0 Å². The van der Waals surface area contributed by atoms with Crippen LogP contribution in [0.5, 0.6) is 0 Å². The Morgan fingerprint density at radius 3 is 1.83 bits per heavy atom. The van der Waals surface area contributed by atoms with Crippen molar-refractivity contribution in [1.82, 2.24) is 5.32 Å². The molecule has 0 spiro atoms. The Hall–Kier alpha value is -2.99. The first kappa shape index (κ1) is 20.7. The van der Waals surface area contributed by atoms with Crippen molar-refractivity contribution in [3.63, 3.8) is 0 Å². The minimum Gasteiger partial charge on any atom is -0.354 e. The topological polar surface area (TPSA) is 63.2 Å². The Kier molecular flexibility index (Phi) is 6.44. The maximum Gasteiger partial charge on any atom is 0.238 e. The van der Waals surface area contributed by atoms with Crippen LogP contribution in [-0.4, -0.2) is 26.1 Å². The molecule has 0 aliphatic heterocycles. The molecule has 1 unspecified atom stereocenters. The number of benzene rings is 3. The molecule has 3 rings (SSSR count). The third-order valence-corrected chi connectivity index (χ3v) is 6.94. The van der Waals surface area contributed by atoms with Crippen molar-refractivity contribution >= 4 is 15.7 Å². The zero-order chi connectivity index (χ0) is 20.9. The lowest BCUT2D eigenvalue weighted by atomic mass is 9.91. The molecule has 1 N–H and O–H groups in total. The molecular weight excluding hydrogens is 389 g/mol. The number of carbonyl (C=O) groups is 1. The maximum absolute atomic E-state index is 13.1. The van der Waals surface area contributed by atoms with Crippen molar-refractivity contribution in [1.29, 1.82) is 0 Å². The van der Waals surface area contributed by atoms with E-state index in [0.29, 0.717) is 0 Å². The lowest BCUT2D eigenvalue weighted by Gasteiger charge is -2.20. The summed E-state index contributed by atoms with van der Waals surface area (Å²) < 4.78 is 38.5. The standard InChI is InChI=1S/C23H22FNO3S/c1-17(29(27,28)21-14-12-20(24)13-15-21)23(26)25-16-22(18-8-4-2-5-9-18)19-10-6-3-7-11-19/h2-15,17,22H,16H2,1H3,(H,25,26). The van der Waals surface area contributed by atoms with Gasteiger partial charge in [0.15, 0.2) is 9.84 Å². The first-order chi connectivity index (χ1) is 13.9. The SMILES string of the molecule is CC(C(=O)NCC(c1ccccc1)c1ccccc1)S(=O)(=O)c1ccc(F)cc1. The summed E-state index contributed by atoms with van der Waals surface area (Å²) in [4.78, 5) is 12.6. The van der Waals surface area contributed by atoms with Gasteiger partial charge in [0.25, 0.3) is 0 Å². The molecule has 0 saturated heterocycles. The van der Waals surface area contributed by atoms with Crippen LogP contribution in [0.1, 0.15) is 24.0 Å². The average Bonchev–Trinajstić information content (AvgIpc) is 2.75. The van der Waals surface area contributed by atoms with Crippen LogP contribution in [0.3, 0.4) is 0 Å². The lowest BCUT2D eigenvalue weighted by Crippen LogP contribution is -2.39. The van der Waals surface area contributed by atoms with Gasteiger partial charge in [-0.1, -0.05) is 60.7 Å². The molecular formula is C23H22FNO3S. The number of hydrogen-bond acceptors (Lipinski definition) is 3. The van der Waals surface area contributed by atoms with E-state index < -0.39 is 26.8 Å². The smallest absolute Gasteiger partial charge is 0.238 e. The van der Waals surface area contributed by atoms with E-state index in [1.807, 2.05) is 60.7 Å². The summed E-state index contributed by atoms with van der Waals surface area (Å²) in [6.45, 7) is 1.60. The summed E-state index contributed by atoms with van der Waals surface area (Å²) in [5, 5.41) is 1.48. The van der Waals surface area contributed by atoms with Gasteiger partial charge in [0.2, 0.25) is 5.91 Å². The van der Waals surface area contributed by atoms with E-state index in [0.717, 1.165) is 23.3 Å². The highest BCUT2D eigenvalue weighted by Gasteiger charge is 2.30. The summed E-state index contributed by atoms with van der Waals surface area (Å²) in [6.07, 6.45) is 0. The van der Waals surface area contributed by atoms with E-state index in [2.05, 4.69) is 5.32 Å². The van der Waals surface area contributed by atoms with Crippen molar-refractivity contribution in [2.45, 2.75) is 23.0 Å². The monoisotopic (exact) mass is 411 g/mol. The number of carbonyl (C=O) groups excluding carboxylic acids is 1. The van der Waals surface area contributed by atoms with Crippen LogP contribution >= 0.6 is 0 Å². The van der Waals surface area contributed by atoms with Gasteiger partial charge in [0, 0.05) is 12.5 Å². The number of rotatable bonds is 7. The second kappa shape index (κ2) is 9.01. The molecule has 3 aromatic carbocycles. The van der Waals surface area contributed by atoms with Gasteiger partial charge in [-0.15, -0.1) is 0 Å². The van der Waals surface area contributed by atoms with Crippen molar-refractivity contribution < 1.29 is 17.6 Å². The zero-order valence-electron chi connectivity index (χ0n) is 16.0. The molecule has 6 heteroatoms. The van der Waals surface area contributed by atoms with Crippen LogP contribution in [0, 0.1) is 5.82 Å². The number of sulfone groups is 1. The molecule has 0 aliphatic carbocycles. The predicted octanol–water partition coefficient (Wildman–Crippen LogP) is 3.94. The van der Waals surface area contributed by atoms with Crippen molar-refractivity contribution in [3.8, 4) is 0 Å². The van der Waals surface area contributed by atoms with E-state index in [9.17, 15) is 17.6 Å². The van der Waals surface area contributed by atoms with Gasteiger partial charge < -0.3 is 5.32 Å². The maximum atomic E-state index is 13.1. The van der Waals surface area contributed by atoms with Gasteiger partial charge in [-0.05, 0) is 42.3 Å². The Morgan fingerprint density at radius 1 is 0.862 bits per heavy atom. The minimum absolute atomic E-state index is 0.0794. The van der Waals surface area contributed by atoms with E-state index in [1.165, 1.54) is 19.1 Å². The largest absolute Gasteiger partial charge is 0.354 e. The van der Waals surface area contributed by atoms with Crippen LogP contribution in [0.4, 0.5) is 4.39 Å². The Labute approximate surface area is 170 Å². The molecule has 150 valence electrons. The van der Waals surface area contributed by atoms with E-state index in [4.69, 9.17) is 0 Å². The van der Waals surface area contributed by atoms with Gasteiger partial charge >= 0.3 is 0 Å². The fourth-order valence-corrected chi connectivity index (χ4v) is 4.40. The first-order valence-corrected chi connectivity index (χ1v) is 10.8. The number of nitrogens with one attached hydrogen (secondary N) is 1. The lowest BCUT2D eigenvalue weighted by molar-refractivity contribution is -0.120. The Balaban J connectivity index is 1.77. The molecule has 0 heterocycles. The fourth-order valence-electron chi connectivity index (χ4n) is 3.11. The third kappa shape index (κ3) is 4.90. The average molecular weight is 411 g/mol.